The van der Waals surface area contributed by atoms with Crippen molar-refractivity contribution in [1.29, 1.82) is 0 Å². The average Bonchev–Trinajstić information content (AvgIpc) is 3.08. The van der Waals surface area contributed by atoms with Crippen LogP contribution in [0.1, 0.15) is 31.4 Å². The summed E-state index contributed by atoms with van der Waals surface area (Å²) < 4.78 is 10.4. The number of carbonyl (C=O) groups excluding carboxylic acids is 1. The van der Waals surface area contributed by atoms with E-state index in [1.54, 1.807) is 18.6 Å². The van der Waals surface area contributed by atoms with Crippen LogP contribution in [0.4, 0.5) is 0 Å². The maximum absolute atomic E-state index is 11.9. The minimum atomic E-state index is -0.310. The number of furan rings is 2. The minimum Gasteiger partial charge on any atom is -0.468 e. The lowest BCUT2D eigenvalue weighted by Gasteiger charge is -2.17. The van der Waals surface area contributed by atoms with Gasteiger partial charge in [-0.25, -0.2) is 0 Å². The second-order valence-corrected chi connectivity index (χ2v) is 4.42. The van der Waals surface area contributed by atoms with E-state index in [1.807, 2.05) is 32.0 Å². The van der Waals surface area contributed by atoms with E-state index >= 15 is 0 Å². The van der Waals surface area contributed by atoms with Gasteiger partial charge in [-0.05, 0) is 38.1 Å². The molecule has 5 nitrogen and oxygen atoms in total. The Morgan fingerprint density at radius 3 is 2.58 bits per heavy atom. The largest absolute Gasteiger partial charge is 0.468 e. The molecule has 2 unspecified atom stereocenters. The SMILES string of the molecule is CC(NC(C)c1ccco1)C(=O)NCc1ccco1. The summed E-state index contributed by atoms with van der Waals surface area (Å²) >= 11 is 0. The van der Waals surface area contributed by atoms with Gasteiger partial charge >= 0.3 is 0 Å². The zero-order valence-corrected chi connectivity index (χ0v) is 11.1. The van der Waals surface area contributed by atoms with Crippen LogP contribution in [0.25, 0.3) is 0 Å². The summed E-state index contributed by atoms with van der Waals surface area (Å²) in [6.07, 6.45) is 3.21. The van der Waals surface area contributed by atoms with Crippen LogP contribution >= 0.6 is 0 Å². The highest BCUT2D eigenvalue weighted by Crippen LogP contribution is 2.12. The van der Waals surface area contributed by atoms with Crippen LogP contribution in [-0.4, -0.2) is 11.9 Å². The smallest absolute Gasteiger partial charge is 0.237 e. The minimum absolute atomic E-state index is 0.0145. The van der Waals surface area contributed by atoms with Crippen LogP contribution in [0.5, 0.6) is 0 Å². The van der Waals surface area contributed by atoms with Gasteiger partial charge in [0.05, 0.1) is 31.2 Å². The Kier molecular flexibility index (Phi) is 4.41. The molecule has 0 saturated carbocycles. The van der Waals surface area contributed by atoms with Gasteiger partial charge in [-0.1, -0.05) is 0 Å². The average molecular weight is 262 g/mol. The van der Waals surface area contributed by atoms with Crippen molar-refractivity contribution in [2.24, 2.45) is 0 Å². The first kappa shape index (κ1) is 13.4. The summed E-state index contributed by atoms with van der Waals surface area (Å²) in [5.74, 6) is 1.47. The van der Waals surface area contributed by atoms with Crippen LogP contribution in [0, 0.1) is 0 Å². The quantitative estimate of drug-likeness (QED) is 0.837. The third-order valence-electron chi connectivity index (χ3n) is 2.88. The van der Waals surface area contributed by atoms with E-state index in [9.17, 15) is 4.79 Å². The monoisotopic (exact) mass is 262 g/mol. The van der Waals surface area contributed by atoms with Gasteiger partial charge in [-0.15, -0.1) is 0 Å². The van der Waals surface area contributed by atoms with Gasteiger partial charge in [0.25, 0.3) is 0 Å². The van der Waals surface area contributed by atoms with Crippen LogP contribution in [0.2, 0.25) is 0 Å². The molecule has 19 heavy (non-hydrogen) atoms. The Labute approximate surface area is 112 Å². The fourth-order valence-corrected chi connectivity index (χ4v) is 1.81. The molecule has 0 saturated heterocycles. The molecule has 0 aromatic carbocycles. The third-order valence-corrected chi connectivity index (χ3v) is 2.88. The van der Waals surface area contributed by atoms with Crippen LogP contribution < -0.4 is 10.6 Å². The van der Waals surface area contributed by atoms with Crippen LogP contribution in [-0.2, 0) is 11.3 Å². The van der Waals surface area contributed by atoms with E-state index < -0.39 is 0 Å². The van der Waals surface area contributed by atoms with Crippen molar-refractivity contribution in [3.8, 4) is 0 Å². The van der Waals surface area contributed by atoms with Gasteiger partial charge in [0.1, 0.15) is 11.5 Å². The number of hydrogen-bond acceptors (Lipinski definition) is 4. The Bertz CT molecular complexity index is 491. The second-order valence-electron chi connectivity index (χ2n) is 4.42. The van der Waals surface area contributed by atoms with E-state index in [2.05, 4.69) is 10.6 Å². The number of nitrogens with one attached hydrogen (secondary N) is 2. The van der Waals surface area contributed by atoms with Crippen molar-refractivity contribution >= 4 is 5.91 Å². The highest BCUT2D eigenvalue weighted by atomic mass is 16.3. The Balaban J connectivity index is 1.79. The van der Waals surface area contributed by atoms with E-state index in [0.29, 0.717) is 6.54 Å². The highest BCUT2D eigenvalue weighted by Gasteiger charge is 2.17. The Hall–Kier alpha value is -2.01. The van der Waals surface area contributed by atoms with Crippen LogP contribution in [0.15, 0.2) is 45.6 Å². The lowest BCUT2D eigenvalue weighted by atomic mass is 10.2. The third kappa shape index (κ3) is 3.72. The second kappa shape index (κ2) is 6.24. The summed E-state index contributed by atoms with van der Waals surface area (Å²) in [5.41, 5.74) is 0. The van der Waals surface area contributed by atoms with Crippen molar-refractivity contribution in [1.82, 2.24) is 10.6 Å². The molecule has 2 N–H and O–H groups in total. The zero-order valence-electron chi connectivity index (χ0n) is 11.1. The topological polar surface area (TPSA) is 67.4 Å². The lowest BCUT2D eigenvalue weighted by molar-refractivity contribution is -0.123. The van der Waals surface area contributed by atoms with E-state index in [1.165, 1.54) is 0 Å². The molecule has 2 rings (SSSR count). The highest BCUT2D eigenvalue weighted by molar-refractivity contribution is 5.81. The van der Waals surface area contributed by atoms with E-state index in [-0.39, 0.29) is 18.0 Å². The van der Waals surface area contributed by atoms with Gasteiger partial charge < -0.3 is 14.2 Å². The molecule has 0 spiro atoms. The molecule has 0 aliphatic rings. The van der Waals surface area contributed by atoms with Crippen molar-refractivity contribution in [3.05, 3.63) is 48.3 Å². The summed E-state index contributed by atoms with van der Waals surface area (Å²) in [6.45, 7) is 4.17. The molecule has 2 heterocycles. The molecule has 1 amide bonds. The Morgan fingerprint density at radius 1 is 1.21 bits per heavy atom. The molecule has 0 radical (unpaired) electrons. The fraction of sp³-hybridized carbons (Fsp3) is 0.357. The fourth-order valence-electron chi connectivity index (χ4n) is 1.81. The first-order chi connectivity index (χ1) is 9.16. The molecule has 2 aromatic heterocycles. The number of carbonyl (C=O) groups is 1. The molecular weight excluding hydrogens is 244 g/mol. The maximum Gasteiger partial charge on any atom is 0.237 e. The summed E-state index contributed by atoms with van der Waals surface area (Å²) in [5, 5.41) is 5.99. The maximum atomic E-state index is 11.9. The van der Waals surface area contributed by atoms with Gasteiger partial charge in [-0.3, -0.25) is 10.1 Å². The van der Waals surface area contributed by atoms with Crippen molar-refractivity contribution in [2.75, 3.05) is 0 Å². The van der Waals surface area contributed by atoms with E-state index in [4.69, 9.17) is 8.83 Å². The molecular formula is C14H18N2O3. The first-order valence-corrected chi connectivity index (χ1v) is 6.26. The molecule has 0 aliphatic carbocycles. The van der Waals surface area contributed by atoms with Crippen LogP contribution in [0.3, 0.4) is 0 Å². The summed E-state index contributed by atoms with van der Waals surface area (Å²) in [4.78, 5) is 11.9. The molecule has 0 aliphatic heterocycles. The number of hydrogen-bond donors (Lipinski definition) is 2. The molecule has 0 bridgehead atoms. The van der Waals surface area contributed by atoms with Crippen molar-refractivity contribution in [2.45, 2.75) is 32.5 Å². The standard InChI is InChI=1S/C14H18N2O3/c1-10(13-6-4-8-19-13)16-11(2)14(17)15-9-12-5-3-7-18-12/h3-8,10-11,16H,9H2,1-2H3,(H,15,17). The Morgan fingerprint density at radius 2 is 1.95 bits per heavy atom. The normalized spacial score (nSPS) is 14.0. The van der Waals surface area contributed by atoms with Gasteiger partial charge in [0.2, 0.25) is 5.91 Å². The van der Waals surface area contributed by atoms with Gasteiger partial charge in [-0.2, -0.15) is 0 Å². The van der Waals surface area contributed by atoms with Crippen molar-refractivity contribution in [3.63, 3.8) is 0 Å². The van der Waals surface area contributed by atoms with Gasteiger partial charge in [0.15, 0.2) is 0 Å². The number of rotatable bonds is 6. The van der Waals surface area contributed by atoms with E-state index in [0.717, 1.165) is 11.5 Å². The lowest BCUT2D eigenvalue weighted by Crippen LogP contribution is -2.42. The van der Waals surface area contributed by atoms with Gasteiger partial charge in [0, 0.05) is 0 Å². The zero-order chi connectivity index (χ0) is 13.7. The summed E-state index contributed by atoms with van der Waals surface area (Å²) in [7, 11) is 0. The molecule has 2 atom stereocenters. The molecule has 5 heteroatoms. The summed E-state index contributed by atoms with van der Waals surface area (Å²) in [6, 6.07) is 7.00. The molecule has 102 valence electrons. The first-order valence-electron chi connectivity index (χ1n) is 6.26. The molecule has 2 aromatic rings. The van der Waals surface area contributed by atoms with Crippen molar-refractivity contribution < 1.29 is 13.6 Å². The predicted molar refractivity (Wildman–Crippen MR) is 70.3 cm³/mol. The number of amides is 1. The molecule has 0 fully saturated rings. The predicted octanol–water partition coefficient (Wildman–Crippen LogP) is 2.23.